The molecule has 0 bridgehead atoms. The highest BCUT2D eigenvalue weighted by Gasteiger charge is 2.24. The van der Waals surface area contributed by atoms with Crippen molar-refractivity contribution in [3.63, 3.8) is 0 Å². The van der Waals surface area contributed by atoms with Gasteiger partial charge in [-0.15, -0.1) is 0 Å². The van der Waals surface area contributed by atoms with Gasteiger partial charge in [0, 0.05) is 38.7 Å². The quantitative estimate of drug-likeness (QED) is 0.819. The van der Waals surface area contributed by atoms with Gasteiger partial charge >= 0.3 is 0 Å². The Bertz CT molecular complexity index is 782. The van der Waals surface area contributed by atoms with E-state index in [4.69, 9.17) is 4.52 Å². The third kappa shape index (κ3) is 4.47. The molecule has 1 aromatic carbocycles. The van der Waals surface area contributed by atoms with Crippen LogP contribution < -0.4 is 0 Å². The van der Waals surface area contributed by atoms with Crippen LogP contribution in [0.4, 0.5) is 4.39 Å². The molecule has 1 saturated heterocycles. The van der Waals surface area contributed by atoms with Crippen LogP contribution in [0.15, 0.2) is 34.9 Å². The van der Waals surface area contributed by atoms with E-state index in [1.807, 2.05) is 0 Å². The molecule has 7 heteroatoms. The van der Waals surface area contributed by atoms with Crippen LogP contribution in [0.25, 0.3) is 0 Å². The van der Waals surface area contributed by atoms with Gasteiger partial charge in [0.2, 0.25) is 11.8 Å². The van der Waals surface area contributed by atoms with E-state index in [-0.39, 0.29) is 30.5 Å². The van der Waals surface area contributed by atoms with Crippen LogP contribution in [0.2, 0.25) is 0 Å². The van der Waals surface area contributed by atoms with E-state index in [2.05, 4.69) is 5.16 Å². The van der Waals surface area contributed by atoms with E-state index in [0.29, 0.717) is 49.6 Å². The molecular weight excluding hydrogens is 337 g/mol. The summed E-state index contributed by atoms with van der Waals surface area (Å²) in [6.07, 6.45) is 0.863. The molecule has 2 aromatic rings. The van der Waals surface area contributed by atoms with Gasteiger partial charge < -0.3 is 14.3 Å². The molecule has 0 N–H and O–H groups in total. The van der Waals surface area contributed by atoms with Gasteiger partial charge in [0.05, 0.1) is 12.1 Å². The second-order valence-electron chi connectivity index (χ2n) is 6.46. The highest BCUT2D eigenvalue weighted by molar-refractivity contribution is 5.79. The van der Waals surface area contributed by atoms with Gasteiger partial charge in [-0.05, 0) is 25.0 Å². The highest BCUT2D eigenvalue weighted by atomic mass is 19.1. The first-order chi connectivity index (χ1) is 12.5. The number of aromatic nitrogens is 1. The maximum atomic E-state index is 13.6. The fourth-order valence-electron chi connectivity index (χ4n) is 3.07. The van der Waals surface area contributed by atoms with Crippen LogP contribution >= 0.6 is 0 Å². The molecule has 1 aromatic heterocycles. The third-order valence-electron chi connectivity index (χ3n) is 4.56. The average Bonchev–Trinajstić information content (AvgIpc) is 3.05. The first-order valence-corrected chi connectivity index (χ1v) is 8.74. The van der Waals surface area contributed by atoms with Gasteiger partial charge in [-0.25, -0.2) is 4.39 Å². The topological polar surface area (TPSA) is 66.7 Å². The van der Waals surface area contributed by atoms with E-state index in [9.17, 15) is 14.0 Å². The van der Waals surface area contributed by atoms with Crippen molar-refractivity contribution in [2.24, 2.45) is 0 Å². The summed E-state index contributed by atoms with van der Waals surface area (Å²) in [4.78, 5) is 28.1. The Hall–Kier alpha value is -2.70. The van der Waals surface area contributed by atoms with E-state index in [1.54, 1.807) is 41.0 Å². The van der Waals surface area contributed by atoms with E-state index in [1.165, 1.54) is 6.07 Å². The number of benzene rings is 1. The van der Waals surface area contributed by atoms with Crippen molar-refractivity contribution < 1.29 is 18.5 Å². The third-order valence-corrected chi connectivity index (χ3v) is 4.56. The molecule has 0 saturated carbocycles. The van der Waals surface area contributed by atoms with E-state index in [0.717, 1.165) is 0 Å². The van der Waals surface area contributed by atoms with Crippen LogP contribution in [0.3, 0.4) is 0 Å². The van der Waals surface area contributed by atoms with Gasteiger partial charge in [0.1, 0.15) is 11.6 Å². The predicted molar refractivity (Wildman–Crippen MR) is 92.8 cm³/mol. The van der Waals surface area contributed by atoms with Crippen molar-refractivity contribution in [3.8, 4) is 0 Å². The average molecular weight is 359 g/mol. The summed E-state index contributed by atoms with van der Waals surface area (Å²) in [5, 5.41) is 3.84. The number of halogens is 1. The van der Waals surface area contributed by atoms with Crippen molar-refractivity contribution in [1.82, 2.24) is 15.0 Å². The summed E-state index contributed by atoms with van der Waals surface area (Å²) in [5.74, 6) is 0.376. The van der Waals surface area contributed by atoms with Crippen LogP contribution in [-0.4, -0.2) is 52.9 Å². The highest BCUT2D eigenvalue weighted by Crippen LogP contribution is 2.12. The van der Waals surface area contributed by atoms with Crippen LogP contribution in [0.5, 0.6) is 0 Å². The molecule has 2 amide bonds. The zero-order chi connectivity index (χ0) is 18.5. The monoisotopic (exact) mass is 359 g/mol. The summed E-state index contributed by atoms with van der Waals surface area (Å²) in [6, 6.07) is 8.26. The van der Waals surface area contributed by atoms with E-state index < -0.39 is 0 Å². The molecule has 3 rings (SSSR count). The van der Waals surface area contributed by atoms with Crippen LogP contribution in [0, 0.1) is 12.7 Å². The van der Waals surface area contributed by atoms with Gasteiger partial charge in [-0.3, -0.25) is 9.59 Å². The summed E-state index contributed by atoms with van der Waals surface area (Å²) >= 11 is 0. The summed E-state index contributed by atoms with van der Waals surface area (Å²) < 4.78 is 18.6. The Kier molecular flexibility index (Phi) is 5.65. The van der Waals surface area contributed by atoms with Crippen molar-refractivity contribution in [2.45, 2.75) is 26.2 Å². The lowest BCUT2D eigenvalue weighted by atomic mass is 10.1. The standard InChI is InChI=1S/C19H22FN3O3/c1-14-12-16(21-26-14)13-19(25)23-10-8-22(9-11-23)18(24)7-6-15-4-2-3-5-17(15)20/h2-5,12H,6-11,13H2,1H3. The number of amides is 2. The molecule has 0 atom stereocenters. The molecule has 6 nitrogen and oxygen atoms in total. The zero-order valence-electron chi connectivity index (χ0n) is 14.8. The molecule has 0 spiro atoms. The second kappa shape index (κ2) is 8.12. The lowest BCUT2D eigenvalue weighted by Crippen LogP contribution is -2.51. The van der Waals surface area contributed by atoms with Gasteiger partial charge in [-0.1, -0.05) is 23.4 Å². The van der Waals surface area contributed by atoms with Gasteiger partial charge in [0.15, 0.2) is 0 Å². The summed E-state index contributed by atoms with van der Waals surface area (Å²) in [5.41, 5.74) is 1.17. The molecule has 1 aliphatic heterocycles. The predicted octanol–water partition coefficient (Wildman–Crippen LogP) is 1.97. The zero-order valence-corrected chi connectivity index (χ0v) is 14.8. The first kappa shape index (κ1) is 18.1. The fourth-order valence-corrected chi connectivity index (χ4v) is 3.07. The minimum absolute atomic E-state index is 0.00696. The van der Waals surface area contributed by atoms with Crippen molar-refractivity contribution >= 4 is 11.8 Å². The molecular formula is C19H22FN3O3. The summed E-state index contributed by atoms with van der Waals surface area (Å²) in [7, 11) is 0. The van der Waals surface area contributed by atoms with Gasteiger partial charge in [0.25, 0.3) is 0 Å². The molecule has 0 radical (unpaired) electrons. The second-order valence-corrected chi connectivity index (χ2v) is 6.46. The molecule has 26 heavy (non-hydrogen) atoms. The maximum absolute atomic E-state index is 13.6. The molecule has 2 heterocycles. The smallest absolute Gasteiger partial charge is 0.228 e. The number of rotatable bonds is 5. The largest absolute Gasteiger partial charge is 0.361 e. The van der Waals surface area contributed by atoms with Crippen molar-refractivity contribution in [3.05, 3.63) is 53.2 Å². The molecule has 138 valence electrons. The Morgan fingerprint density at radius 2 is 1.77 bits per heavy atom. The lowest BCUT2D eigenvalue weighted by molar-refractivity contribution is -0.139. The summed E-state index contributed by atoms with van der Waals surface area (Å²) in [6.45, 7) is 3.79. The number of hydrogen-bond acceptors (Lipinski definition) is 4. The number of piperazine rings is 1. The normalized spacial score (nSPS) is 14.5. The van der Waals surface area contributed by atoms with Crippen molar-refractivity contribution in [1.29, 1.82) is 0 Å². The first-order valence-electron chi connectivity index (χ1n) is 8.74. The maximum Gasteiger partial charge on any atom is 0.228 e. The number of hydrogen-bond donors (Lipinski definition) is 0. The molecule has 0 aliphatic carbocycles. The SMILES string of the molecule is Cc1cc(CC(=O)N2CCN(C(=O)CCc3ccccc3F)CC2)no1. The Balaban J connectivity index is 1.44. The number of aryl methyl sites for hydroxylation is 2. The number of carbonyl (C=O) groups is 2. The molecule has 1 aliphatic rings. The molecule has 1 fully saturated rings. The van der Waals surface area contributed by atoms with Crippen LogP contribution in [0.1, 0.15) is 23.4 Å². The Morgan fingerprint density at radius 3 is 2.38 bits per heavy atom. The lowest BCUT2D eigenvalue weighted by Gasteiger charge is -2.34. The van der Waals surface area contributed by atoms with Crippen LogP contribution in [-0.2, 0) is 22.4 Å². The van der Waals surface area contributed by atoms with Crippen molar-refractivity contribution in [2.75, 3.05) is 26.2 Å². The number of nitrogens with zero attached hydrogens (tertiary/aromatic N) is 3. The van der Waals surface area contributed by atoms with E-state index >= 15 is 0 Å². The number of carbonyl (C=O) groups excluding carboxylic acids is 2. The minimum atomic E-state index is -0.279. The Morgan fingerprint density at radius 1 is 1.12 bits per heavy atom. The van der Waals surface area contributed by atoms with Gasteiger partial charge in [-0.2, -0.15) is 0 Å². The molecule has 0 unspecified atom stereocenters. The minimum Gasteiger partial charge on any atom is -0.361 e. The fraction of sp³-hybridized carbons (Fsp3) is 0.421. The Labute approximate surface area is 151 Å².